The molecule has 5 rings (SSSR count). The molecule has 3 heterocycles. The second-order valence-corrected chi connectivity index (χ2v) is 9.96. The summed E-state index contributed by atoms with van der Waals surface area (Å²) in [6.45, 7) is -0.0224. The van der Waals surface area contributed by atoms with E-state index in [2.05, 4.69) is 15.5 Å². The number of nitrogens with zero attached hydrogens (tertiary/aromatic N) is 5. The summed E-state index contributed by atoms with van der Waals surface area (Å²) in [6, 6.07) is 7.70. The highest BCUT2D eigenvalue weighted by molar-refractivity contribution is 6.33. The molecule has 1 fully saturated rings. The molecule has 0 atom stereocenters. The van der Waals surface area contributed by atoms with E-state index in [0.717, 1.165) is 4.68 Å². The minimum Gasteiger partial charge on any atom is -0.396 e. The van der Waals surface area contributed by atoms with Gasteiger partial charge < -0.3 is 19.3 Å². The van der Waals surface area contributed by atoms with Gasteiger partial charge in [0.15, 0.2) is 17.3 Å². The van der Waals surface area contributed by atoms with Gasteiger partial charge >= 0.3 is 12.4 Å². The number of aliphatic hydroxyl groups excluding tert-OH is 1. The van der Waals surface area contributed by atoms with Crippen molar-refractivity contribution in [1.29, 1.82) is 0 Å². The normalized spacial score (nSPS) is 14.4. The number of carbonyl (C=O) groups excluding carboxylic acids is 1. The summed E-state index contributed by atoms with van der Waals surface area (Å²) in [6.07, 6.45) is -10.2. The minimum atomic E-state index is -5.04. The highest BCUT2D eigenvalue weighted by Gasteiger charge is 2.38. The largest absolute Gasteiger partial charge is 0.416 e. The quantitative estimate of drug-likeness (QED) is 0.208. The van der Waals surface area contributed by atoms with E-state index < -0.39 is 35.8 Å². The second kappa shape index (κ2) is 12.0. The first-order chi connectivity index (χ1) is 20.4. The fraction of sp³-hybridized carbons (Fsp3) is 0.333. The number of ether oxygens (including phenoxy) is 1. The number of hydrogen-bond donors (Lipinski definition) is 1. The molecule has 1 aliphatic heterocycles. The lowest BCUT2D eigenvalue weighted by Crippen LogP contribution is -2.38. The van der Waals surface area contributed by atoms with Crippen molar-refractivity contribution in [1.82, 2.24) is 20.2 Å². The summed E-state index contributed by atoms with van der Waals surface area (Å²) >= 11 is 6.34. The Morgan fingerprint density at radius 3 is 2.26 bits per heavy atom. The molecule has 0 radical (unpaired) electrons. The summed E-state index contributed by atoms with van der Waals surface area (Å²) in [5, 5.41) is 21.7. The van der Waals surface area contributed by atoms with E-state index >= 15 is 0 Å². The predicted molar refractivity (Wildman–Crippen MR) is 140 cm³/mol. The highest BCUT2D eigenvalue weighted by Crippen LogP contribution is 2.38. The van der Waals surface area contributed by atoms with Crippen LogP contribution in [0.1, 0.15) is 38.4 Å². The molecular weight excluding hydrogens is 608 g/mol. The molecule has 0 spiro atoms. The summed E-state index contributed by atoms with van der Waals surface area (Å²) in [4.78, 5) is 15.8. The van der Waals surface area contributed by atoms with Gasteiger partial charge in [0.05, 0.1) is 47.2 Å². The van der Waals surface area contributed by atoms with Crippen molar-refractivity contribution >= 4 is 23.2 Å². The van der Waals surface area contributed by atoms with Crippen molar-refractivity contribution in [2.24, 2.45) is 0 Å². The Bertz CT molecular complexity index is 1600. The second-order valence-electron chi connectivity index (χ2n) is 9.55. The Morgan fingerprint density at radius 1 is 1.00 bits per heavy atom. The van der Waals surface area contributed by atoms with Gasteiger partial charge in [0.25, 0.3) is 0 Å². The molecule has 0 bridgehead atoms. The molecule has 1 aliphatic rings. The topological polar surface area (TPSA) is 107 Å². The van der Waals surface area contributed by atoms with Crippen LogP contribution in [-0.2, 0) is 30.1 Å². The summed E-state index contributed by atoms with van der Waals surface area (Å²) in [5.74, 6) is -0.692. The number of carbonyl (C=O) groups is 1. The smallest absolute Gasteiger partial charge is 0.396 e. The molecule has 228 valence electrons. The van der Waals surface area contributed by atoms with Gasteiger partial charge in [0, 0.05) is 31.7 Å². The van der Waals surface area contributed by atoms with Crippen LogP contribution in [0.25, 0.3) is 11.3 Å². The highest BCUT2D eigenvalue weighted by atomic mass is 35.5. The maximum atomic E-state index is 14.1. The third-order valence-corrected chi connectivity index (χ3v) is 7.00. The van der Waals surface area contributed by atoms with E-state index in [-0.39, 0.29) is 84.5 Å². The van der Waals surface area contributed by atoms with E-state index in [9.17, 15) is 36.2 Å². The van der Waals surface area contributed by atoms with E-state index in [4.69, 9.17) is 20.9 Å². The van der Waals surface area contributed by atoms with Gasteiger partial charge in [0.1, 0.15) is 0 Å². The van der Waals surface area contributed by atoms with Crippen LogP contribution in [0, 0.1) is 0 Å². The van der Waals surface area contributed by atoms with Crippen LogP contribution in [0.3, 0.4) is 0 Å². The van der Waals surface area contributed by atoms with E-state index in [1.807, 2.05) is 0 Å². The van der Waals surface area contributed by atoms with Crippen molar-refractivity contribution in [3.63, 3.8) is 0 Å². The molecule has 0 saturated carbocycles. The number of morpholine rings is 1. The van der Waals surface area contributed by atoms with Crippen LogP contribution in [0.15, 0.2) is 47.0 Å². The molecule has 2 aromatic carbocycles. The molecule has 43 heavy (non-hydrogen) atoms. The van der Waals surface area contributed by atoms with Gasteiger partial charge in [-0.05, 0) is 35.9 Å². The lowest BCUT2D eigenvalue weighted by molar-refractivity contribution is -0.143. The molecule has 0 aliphatic carbocycles. The molecule has 16 heteroatoms. The number of rotatable bonds is 8. The van der Waals surface area contributed by atoms with Gasteiger partial charge in [-0.3, -0.25) is 4.79 Å². The van der Waals surface area contributed by atoms with Crippen molar-refractivity contribution < 1.29 is 45.5 Å². The number of aromatic nitrogens is 4. The van der Waals surface area contributed by atoms with E-state index in [1.165, 1.54) is 0 Å². The van der Waals surface area contributed by atoms with Crippen molar-refractivity contribution in [2.45, 2.75) is 25.3 Å². The van der Waals surface area contributed by atoms with Gasteiger partial charge in [-0.15, -0.1) is 5.10 Å². The number of ketones is 1. The number of hydrogen-bond acceptors (Lipinski definition) is 8. The SMILES string of the molecule is O=C(c1nnn(Cc2cc(C(F)(F)F)cc(C(F)(F)F)c2)c1N1CCOCC1)c1c(CCO)noc1-c1ccccc1Cl. The van der Waals surface area contributed by atoms with Crippen LogP contribution >= 0.6 is 11.6 Å². The Balaban J connectivity index is 1.63. The number of alkyl halides is 6. The molecule has 1 N–H and O–H groups in total. The Kier molecular flexibility index (Phi) is 8.49. The van der Waals surface area contributed by atoms with Crippen LogP contribution < -0.4 is 4.90 Å². The first-order valence-corrected chi connectivity index (χ1v) is 13.2. The first-order valence-electron chi connectivity index (χ1n) is 12.8. The average molecular weight is 630 g/mol. The summed E-state index contributed by atoms with van der Waals surface area (Å²) in [5.41, 5.74) is -3.22. The Morgan fingerprint density at radius 2 is 1.65 bits per heavy atom. The Hall–Kier alpha value is -3.95. The number of halogens is 7. The van der Waals surface area contributed by atoms with E-state index in [1.54, 1.807) is 29.2 Å². The maximum absolute atomic E-state index is 14.1. The van der Waals surface area contributed by atoms with Gasteiger partial charge in [-0.25, -0.2) is 4.68 Å². The van der Waals surface area contributed by atoms with Crippen LogP contribution in [0.4, 0.5) is 32.2 Å². The lowest BCUT2D eigenvalue weighted by Gasteiger charge is -2.29. The van der Waals surface area contributed by atoms with Crippen LogP contribution in [0.2, 0.25) is 5.02 Å². The van der Waals surface area contributed by atoms with Crippen molar-refractivity contribution in [2.75, 3.05) is 37.8 Å². The number of aliphatic hydroxyl groups is 1. The lowest BCUT2D eigenvalue weighted by atomic mass is 9.99. The number of anilines is 1. The standard InChI is InChI=1S/C27H22ClF6N5O4/c28-19-4-2-1-3-18(19)24-21(20(5-8-40)36-43-24)23(41)22-25(38-6-9-42-10-7-38)39(37-35-22)14-15-11-16(26(29,30)31)13-17(12-15)27(32,33)34/h1-4,11-13,40H,5-10,14H2. The van der Waals surface area contributed by atoms with Crippen LogP contribution in [0.5, 0.6) is 0 Å². The van der Waals surface area contributed by atoms with Crippen LogP contribution in [-0.4, -0.2) is 64.0 Å². The monoisotopic (exact) mass is 629 g/mol. The van der Waals surface area contributed by atoms with E-state index in [0.29, 0.717) is 17.7 Å². The summed E-state index contributed by atoms with van der Waals surface area (Å²) < 4.78 is 93.0. The first kappa shape index (κ1) is 30.5. The van der Waals surface area contributed by atoms with Gasteiger partial charge in [0.2, 0.25) is 5.78 Å². The number of benzene rings is 2. The predicted octanol–water partition coefficient (Wildman–Crippen LogP) is 5.27. The Labute approximate surface area is 244 Å². The maximum Gasteiger partial charge on any atom is 0.416 e. The minimum absolute atomic E-state index is 0.00535. The fourth-order valence-corrected chi connectivity index (χ4v) is 4.94. The summed E-state index contributed by atoms with van der Waals surface area (Å²) in [7, 11) is 0. The third-order valence-electron chi connectivity index (χ3n) is 6.67. The third kappa shape index (κ3) is 6.38. The van der Waals surface area contributed by atoms with Crippen molar-refractivity contribution in [3.8, 4) is 11.3 Å². The van der Waals surface area contributed by atoms with Crippen molar-refractivity contribution in [3.05, 3.63) is 81.1 Å². The molecule has 0 unspecified atom stereocenters. The molecular formula is C27H22ClF6N5O4. The molecule has 1 saturated heterocycles. The average Bonchev–Trinajstić information content (AvgIpc) is 3.57. The fourth-order valence-electron chi connectivity index (χ4n) is 4.71. The molecule has 0 amide bonds. The molecule has 2 aromatic heterocycles. The van der Waals surface area contributed by atoms with Gasteiger partial charge in [-0.2, -0.15) is 26.3 Å². The zero-order valence-electron chi connectivity index (χ0n) is 22.0. The molecule has 9 nitrogen and oxygen atoms in total. The zero-order valence-corrected chi connectivity index (χ0v) is 22.8. The molecule has 4 aromatic rings. The van der Waals surface area contributed by atoms with Gasteiger partial charge in [-0.1, -0.05) is 34.1 Å². The zero-order chi connectivity index (χ0) is 30.9.